The highest BCUT2D eigenvalue weighted by molar-refractivity contribution is 9.10. The van der Waals surface area contributed by atoms with E-state index in [1.54, 1.807) is 17.4 Å². The maximum Gasteiger partial charge on any atom is 0.193 e. The van der Waals surface area contributed by atoms with Crippen LogP contribution in [-0.4, -0.2) is 9.38 Å². The molecular weight excluding hydrogens is 343 g/mol. The molecule has 0 bridgehead atoms. The van der Waals surface area contributed by atoms with E-state index in [0.29, 0.717) is 10.9 Å². The molecule has 0 radical (unpaired) electrons. The average molecular weight is 355 g/mol. The number of hydrogen-bond donors (Lipinski definition) is 2. The molecule has 1 unspecified atom stereocenters. The summed E-state index contributed by atoms with van der Waals surface area (Å²) in [7, 11) is 0. The maximum atomic E-state index is 13.1. The lowest BCUT2D eigenvalue weighted by Crippen LogP contribution is -2.30. The Morgan fingerprint density at radius 3 is 3.05 bits per heavy atom. The van der Waals surface area contributed by atoms with Gasteiger partial charge in [0.15, 0.2) is 4.96 Å². The van der Waals surface area contributed by atoms with E-state index in [1.165, 1.54) is 12.1 Å². The minimum Gasteiger partial charge on any atom is -0.297 e. The molecule has 104 valence electrons. The van der Waals surface area contributed by atoms with Gasteiger partial charge in [0.2, 0.25) is 0 Å². The van der Waals surface area contributed by atoms with E-state index in [4.69, 9.17) is 5.84 Å². The molecule has 3 aromatic rings. The van der Waals surface area contributed by atoms with Crippen molar-refractivity contribution in [3.05, 3.63) is 57.5 Å². The van der Waals surface area contributed by atoms with Gasteiger partial charge in [-0.2, -0.15) is 0 Å². The second-order valence-electron chi connectivity index (χ2n) is 4.41. The highest BCUT2D eigenvalue weighted by Gasteiger charge is 2.16. The number of hydrazine groups is 1. The lowest BCUT2D eigenvalue weighted by Gasteiger charge is -2.16. The monoisotopic (exact) mass is 354 g/mol. The number of fused-ring (bicyclic) bond motifs is 1. The van der Waals surface area contributed by atoms with E-state index in [0.717, 1.165) is 16.2 Å². The minimum atomic E-state index is -0.279. The van der Waals surface area contributed by atoms with E-state index in [-0.39, 0.29) is 11.9 Å². The largest absolute Gasteiger partial charge is 0.297 e. The summed E-state index contributed by atoms with van der Waals surface area (Å²) in [5.41, 5.74) is 4.61. The lowest BCUT2D eigenvalue weighted by molar-refractivity contribution is 0.542. The molecule has 0 saturated heterocycles. The number of nitrogens with zero attached hydrogens (tertiary/aromatic N) is 2. The predicted molar refractivity (Wildman–Crippen MR) is 80.9 cm³/mol. The summed E-state index contributed by atoms with van der Waals surface area (Å²) >= 11 is 4.96. The first-order chi connectivity index (χ1) is 9.67. The number of hydrogen-bond acceptors (Lipinski definition) is 4. The molecule has 0 aliphatic heterocycles. The zero-order chi connectivity index (χ0) is 14.1. The number of nitrogens with one attached hydrogen (secondary N) is 1. The standard InChI is InChI=1S/C13H12BrFN4S/c14-11-5-8(15)1-2-10(11)12(18-16)6-9-7-19-3-4-20-13(19)17-9/h1-5,7,12,18H,6,16H2. The molecule has 3 rings (SSSR count). The number of benzene rings is 1. The summed E-state index contributed by atoms with van der Waals surface area (Å²) in [6.07, 6.45) is 4.58. The van der Waals surface area contributed by atoms with E-state index in [1.807, 2.05) is 22.2 Å². The van der Waals surface area contributed by atoms with Crippen LogP contribution in [0.2, 0.25) is 0 Å². The van der Waals surface area contributed by atoms with Crippen molar-refractivity contribution < 1.29 is 4.39 Å². The molecule has 1 atom stereocenters. The first kappa shape index (κ1) is 13.7. The van der Waals surface area contributed by atoms with Gasteiger partial charge in [0.25, 0.3) is 0 Å². The Hall–Kier alpha value is -1.28. The molecule has 7 heteroatoms. The third kappa shape index (κ3) is 2.62. The van der Waals surface area contributed by atoms with E-state index in [9.17, 15) is 4.39 Å². The van der Waals surface area contributed by atoms with Crippen LogP contribution in [0.15, 0.2) is 40.4 Å². The number of nitrogens with two attached hydrogens (primary N) is 1. The van der Waals surface area contributed by atoms with Gasteiger partial charge < -0.3 is 0 Å². The van der Waals surface area contributed by atoms with E-state index < -0.39 is 0 Å². The molecule has 4 nitrogen and oxygen atoms in total. The highest BCUT2D eigenvalue weighted by atomic mass is 79.9. The average Bonchev–Trinajstić information content (AvgIpc) is 2.97. The van der Waals surface area contributed by atoms with Gasteiger partial charge in [0.1, 0.15) is 5.82 Å². The zero-order valence-corrected chi connectivity index (χ0v) is 12.8. The van der Waals surface area contributed by atoms with Gasteiger partial charge in [-0.1, -0.05) is 22.0 Å². The van der Waals surface area contributed by atoms with Crippen molar-refractivity contribution in [1.82, 2.24) is 14.8 Å². The molecule has 0 spiro atoms. The molecule has 1 aromatic carbocycles. The predicted octanol–water partition coefficient (Wildman–Crippen LogP) is 3.04. The Balaban J connectivity index is 1.88. The van der Waals surface area contributed by atoms with Crippen molar-refractivity contribution in [2.24, 2.45) is 5.84 Å². The SMILES string of the molecule is NNC(Cc1cn2ccsc2n1)c1ccc(F)cc1Br. The molecule has 2 heterocycles. The molecular formula is C13H12BrFN4S. The van der Waals surface area contributed by atoms with Gasteiger partial charge >= 0.3 is 0 Å². The van der Waals surface area contributed by atoms with Gasteiger partial charge in [-0.25, -0.2) is 9.37 Å². The van der Waals surface area contributed by atoms with Crippen LogP contribution in [-0.2, 0) is 6.42 Å². The van der Waals surface area contributed by atoms with Crippen LogP contribution < -0.4 is 11.3 Å². The Morgan fingerprint density at radius 1 is 1.50 bits per heavy atom. The molecule has 3 N–H and O–H groups in total. The first-order valence-electron chi connectivity index (χ1n) is 5.99. The minimum absolute atomic E-state index is 0.130. The smallest absolute Gasteiger partial charge is 0.193 e. The molecule has 0 aliphatic carbocycles. The lowest BCUT2D eigenvalue weighted by atomic mass is 10.0. The zero-order valence-electron chi connectivity index (χ0n) is 10.4. The van der Waals surface area contributed by atoms with E-state index in [2.05, 4.69) is 26.3 Å². The number of imidazole rings is 1. The summed E-state index contributed by atoms with van der Waals surface area (Å²) in [5, 5.41) is 1.99. The van der Waals surface area contributed by atoms with Crippen molar-refractivity contribution in [3.63, 3.8) is 0 Å². The summed E-state index contributed by atoms with van der Waals surface area (Å²) in [6, 6.07) is 4.46. The highest BCUT2D eigenvalue weighted by Crippen LogP contribution is 2.26. The van der Waals surface area contributed by atoms with Crippen LogP contribution in [0.1, 0.15) is 17.3 Å². The van der Waals surface area contributed by atoms with Crippen LogP contribution in [0.4, 0.5) is 4.39 Å². The summed E-state index contributed by atoms with van der Waals surface area (Å²) < 4.78 is 15.8. The molecule has 0 aliphatic rings. The molecule has 2 aromatic heterocycles. The maximum absolute atomic E-state index is 13.1. The molecule has 0 saturated carbocycles. The van der Waals surface area contributed by atoms with Crippen molar-refractivity contribution in [2.75, 3.05) is 0 Å². The summed E-state index contributed by atoms with van der Waals surface area (Å²) in [6.45, 7) is 0. The molecule has 20 heavy (non-hydrogen) atoms. The normalized spacial score (nSPS) is 12.9. The number of aromatic nitrogens is 2. The summed E-state index contributed by atoms with van der Waals surface area (Å²) in [4.78, 5) is 5.48. The fourth-order valence-corrected chi connectivity index (χ4v) is 3.47. The Morgan fingerprint density at radius 2 is 2.35 bits per heavy atom. The fraction of sp³-hybridized carbons (Fsp3) is 0.154. The van der Waals surface area contributed by atoms with Gasteiger partial charge in [0.05, 0.1) is 11.7 Å². The second kappa shape index (κ2) is 5.61. The van der Waals surface area contributed by atoms with Crippen LogP contribution in [0.3, 0.4) is 0 Å². The topological polar surface area (TPSA) is 55.3 Å². The van der Waals surface area contributed by atoms with Gasteiger partial charge in [-0.15, -0.1) is 11.3 Å². The van der Waals surface area contributed by atoms with Crippen LogP contribution >= 0.6 is 27.3 Å². The van der Waals surface area contributed by atoms with Gasteiger partial charge in [-0.05, 0) is 17.7 Å². The van der Waals surface area contributed by atoms with Crippen molar-refractivity contribution >= 4 is 32.2 Å². The van der Waals surface area contributed by atoms with Crippen LogP contribution in [0.5, 0.6) is 0 Å². The number of rotatable bonds is 4. The fourth-order valence-electron chi connectivity index (χ4n) is 2.13. The van der Waals surface area contributed by atoms with E-state index >= 15 is 0 Å². The Labute approximate surface area is 127 Å². The Kier molecular flexibility index (Phi) is 3.84. The molecule has 0 amide bonds. The summed E-state index contributed by atoms with van der Waals surface area (Å²) in [5.74, 6) is 5.35. The van der Waals surface area contributed by atoms with Crippen molar-refractivity contribution in [1.29, 1.82) is 0 Å². The third-order valence-corrected chi connectivity index (χ3v) is 4.55. The quantitative estimate of drug-likeness (QED) is 0.559. The Bertz CT molecular complexity index is 710. The van der Waals surface area contributed by atoms with Crippen LogP contribution in [0, 0.1) is 5.82 Å². The van der Waals surface area contributed by atoms with Crippen molar-refractivity contribution in [3.8, 4) is 0 Å². The van der Waals surface area contributed by atoms with Crippen molar-refractivity contribution in [2.45, 2.75) is 12.5 Å². The van der Waals surface area contributed by atoms with Gasteiger partial charge in [0, 0.05) is 28.7 Å². The second-order valence-corrected chi connectivity index (χ2v) is 6.14. The molecule has 0 fully saturated rings. The van der Waals surface area contributed by atoms with Crippen LogP contribution in [0.25, 0.3) is 4.96 Å². The third-order valence-electron chi connectivity index (χ3n) is 3.10. The first-order valence-corrected chi connectivity index (χ1v) is 7.67. The number of halogens is 2. The number of thiazole rings is 1. The van der Waals surface area contributed by atoms with Gasteiger partial charge in [-0.3, -0.25) is 15.7 Å².